The first-order valence-corrected chi connectivity index (χ1v) is 3.83. The first kappa shape index (κ1) is 12.6. The Morgan fingerprint density at radius 1 is 1.38 bits per heavy atom. The summed E-state index contributed by atoms with van der Waals surface area (Å²) < 4.78 is 0. The monoisotopic (exact) mass is 327 g/mol. The summed E-state index contributed by atoms with van der Waals surface area (Å²) in [5.74, 6) is 0. The molecule has 3 N–H and O–H groups in total. The van der Waals surface area contributed by atoms with E-state index in [-0.39, 0.29) is 39.5 Å². The van der Waals surface area contributed by atoms with Gasteiger partial charge in [0.05, 0.1) is 0 Å². The van der Waals surface area contributed by atoms with Crippen LogP contribution in [0.1, 0.15) is 0 Å². The van der Waals surface area contributed by atoms with Crippen LogP contribution in [-0.4, -0.2) is 9.97 Å². The van der Waals surface area contributed by atoms with Gasteiger partial charge in [-0.2, -0.15) is 0 Å². The lowest BCUT2D eigenvalue weighted by molar-refractivity contribution is 1.31. The molecule has 2 heterocycles. The number of nitrogens with one attached hydrogen (secondary N) is 1. The smallest absolute Gasteiger partial charge is 0.249 e. The molecule has 2 aromatic rings. The summed E-state index contributed by atoms with van der Waals surface area (Å²) in [5, 5.41) is 0.474. The molecule has 0 fully saturated rings. The third-order valence-electron chi connectivity index (χ3n) is 1.30. The van der Waals surface area contributed by atoms with Crippen LogP contribution in [0.25, 0.3) is 10.3 Å². The second-order valence-corrected chi connectivity index (χ2v) is 3.12. The van der Waals surface area contributed by atoms with Crippen LogP contribution in [0, 0.1) is 0 Å². The van der Waals surface area contributed by atoms with Crippen LogP contribution in [0.2, 0.25) is 0 Å². The lowest BCUT2D eigenvalue weighted by Gasteiger charge is -1.82. The Morgan fingerprint density at radius 3 is 2.77 bits per heavy atom. The van der Waals surface area contributed by atoms with Crippen LogP contribution < -0.4 is 11.3 Å². The number of fused-ring (bicyclic) bond motifs is 1. The van der Waals surface area contributed by atoms with Gasteiger partial charge in [-0.05, 0) is 6.07 Å². The fourth-order valence-electron chi connectivity index (χ4n) is 0.860. The van der Waals surface area contributed by atoms with Crippen molar-refractivity contribution in [1.29, 1.82) is 0 Å². The average molecular weight is 329 g/mol. The fraction of sp³-hybridized carbons (Fsp3) is 0. The van der Waals surface area contributed by atoms with Crippen LogP contribution in [0.3, 0.4) is 0 Å². The van der Waals surface area contributed by atoms with Gasteiger partial charge in [-0.15, -0.1) is 34.0 Å². The van der Waals surface area contributed by atoms with Gasteiger partial charge in [-0.1, -0.05) is 11.3 Å². The number of aromatic nitrogens is 2. The zero-order valence-electron chi connectivity index (χ0n) is 6.31. The highest BCUT2D eigenvalue weighted by Crippen LogP contribution is 2.18. The van der Waals surface area contributed by atoms with E-state index in [9.17, 15) is 4.79 Å². The highest BCUT2D eigenvalue weighted by atomic mass is 79.9. The zero-order valence-corrected chi connectivity index (χ0v) is 10.6. The van der Waals surface area contributed by atoms with Crippen LogP contribution in [-0.2, 0) is 0 Å². The van der Waals surface area contributed by atoms with Crippen molar-refractivity contribution in [3.63, 3.8) is 0 Å². The van der Waals surface area contributed by atoms with Crippen LogP contribution in [0.5, 0.6) is 0 Å². The third kappa shape index (κ3) is 2.52. The second-order valence-electron chi connectivity index (χ2n) is 2.09. The van der Waals surface area contributed by atoms with Crippen molar-refractivity contribution in [3.05, 3.63) is 22.5 Å². The molecule has 0 saturated heterocycles. The number of pyridine rings is 1. The fourth-order valence-corrected chi connectivity index (χ4v) is 1.58. The summed E-state index contributed by atoms with van der Waals surface area (Å²) in [6, 6.07) is 3.09. The zero-order chi connectivity index (χ0) is 7.84. The van der Waals surface area contributed by atoms with Gasteiger partial charge in [0.15, 0.2) is 5.13 Å². The van der Waals surface area contributed by atoms with Gasteiger partial charge < -0.3 is 10.7 Å². The number of aromatic amines is 1. The van der Waals surface area contributed by atoms with Gasteiger partial charge in [0.25, 0.3) is 0 Å². The van der Waals surface area contributed by atoms with E-state index in [0.717, 1.165) is 10.3 Å². The molecule has 13 heavy (non-hydrogen) atoms. The number of rotatable bonds is 0. The Bertz CT molecular complexity index is 452. The first-order valence-electron chi connectivity index (χ1n) is 3.01. The highest BCUT2D eigenvalue weighted by Gasteiger charge is 1.99. The summed E-state index contributed by atoms with van der Waals surface area (Å²) >= 11 is 1.28. The molecule has 0 aliphatic heterocycles. The van der Waals surface area contributed by atoms with Crippen LogP contribution in [0.15, 0.2) is 16.9 Å². The molecular formula is C6H7Br2N3OS. The van der Waals surface area contributed by atoms with E-state index in [1.165, 1.54) is 17.4 Å². The van der Waals surface area contributed by atoms with E-state index in [1.54, 1.807) is 6.07 Å². The molecule has 7 heteroatoms. The molecule has 2 rings (SSSR count). The van der Waals surface area contributed by atoms with Crippen molar-refractivity contribution in [3.8, 4) is 0 Å². The van der Waals surface area contributed by atoms with Crippen LogP contribution >= 0.6 is 45.3 Å². The van der Waals surface area contributed by atoms with E-state index in [2.05, 4.69) is 9.97 Å². The van der Waals surface area contributed by atoms with E-state index < -0.39 is 0 Å². The van der Waals surface area contributed by atoms with Gasteiger partial charge in [0.1, 0.15) is 10.3 Å². The maximum absolute atomic E-state index is 10.8. The standard InChI is InChI=1S/C6H5N3OS.2BrH/c7-6-8-3-1-2-4(10)9-5(3)11-6;;/h1-2H,(H2,7,8)(H,9,10);2*1H. The Balaban J connectivity index is 0.000000720. The molecule has 72 valence electrons. The molecule has 0 saturated carbocycles. The minimum atomic E-state index is -0.124. The topological polar surface area (TPSA) is 71.8 Å². The van der Waals surface area contributed by atoms with Crippen molar-refractivity contribution >= 4 is 60.8 Å². The molecule has 2 aromatic heterocycles. The predicted molar refractivity (Wildman–Crippen MR) is 65.3 cm³/mol. The number of nitrogens with two attached hydrogens (primary N) is 1. The summed E-state index contributed by atoms with van der Waals surface area (Å²) in [6.45, 7) is 0. The van der Waals surface area contributed by atoms with E-state index >= 15 is 0 Å². The van der Waals surface area contributed by atoms with Gasteiger partial charge in [0.2, 0.25) is 5.56 Å². The number of nitrogen functional groups attached to an aromatic ring is 1. The Hall–Kier alpha value is -0.400. The largest absolute Gasteiger partial charge is 0.375 e. The number of hydrogen-bond acceptors (Lipinski definition) is 4. The number of thiazole rings is 1. The number of nitrogens with zero attached hydrogens (tertiary/aromatic N) is 1. The van der Waals surface area contributed by atoms with Crippen molar-refractivity contribution in [2.75, 3.05) is 5.73 Å². The Labute approximate surface area is 98.7 Å². The summed E-state index contributed by atoms with van der Waals surface area (Å²) in [4.78, 5) is 18.1. The normalized spacial score (nSPS) is 8.92. The average Bonchev–Trinajstić information content (AvgIpc) is 2.27. The maximum atomic E-state index is 10.8. The minimum absolute atomic E-state index is 0. The molecule has 0 unspecified atom stereocenters. The summed E-state index contributed by atoms with van der Waals surface area (Å²) in [5.41, 5.74) is 6.04. The minimum Gasteiger partial charge on any atom is -0.375 e. The van der Waals surface area contributed by atoms with Crippen LogP contribution in [0.4, 0.5) is 5.13 Å². The lowest BCUT2D eigenvalue weighted by atomic mass is 10.5. The van der Waals surface area contributed by atoms with Gasteiger partial charge in [-0.25, -0.2) is 4.98 Å². The maximum Gasteiger partial charge on any atom is 0.249 e. The molecule has 0 amide bonds. The number of anilines is 1. The third-order valence-corrected chi connectivity index (χ3v) is 2.11. The molecule has 0 aromatic carbocycles. The second kappa shape index (κ2) is 4.73. The van der Waals surface area contributed by atoms with E-state index in [4.69, 9.17) is 5.73 Å². The molecule has 0 bridgehead atoms. The SMILES string of the molecule is Br.Br.Nc1nc2ccc(=O)[nH]c2s1. The van der Waals surface area contributed by atoms with Crippen molar-refractivity contribution in [1.82, 2.24) is 9.97 Å². The van der Waals surface area contributed by atoms with Gasteiger partial charge in [-0.3, -0.25) is 4.79 Å². The van der Waals surface area contributed by atoms with Crippen molar-refractivity contribution < 1.29 is 0 Å². The first-order chi connectivity index (χ1) is 5.25. The molecule has 0 aliphatic carbocycles. The van der Waals surface area contributed by atoms with Gasteiger partial charge in [0, 0.05) is 6.07 Å². The quantitative estimate of drug-likeness (QED) is 0.773. The highest BCUT2D eigenvalue weighted by molar-refractivity contribution is 8.93. The molecule has 0 spiro atoms. The summed E-state index contributed by atoms with van der Waals surface area (Å²) in [6.07, 6.45) is 0. The molecule has 0 radical (unpaired) electrons. The molecule has 4 nitrogen and oxygen atoms in total. The number of hydrogen-bond donors (Lipinski definition) is 2. The van der Waals surface area contributed by atoms with E-state index in [0.29, 0.717) is 5.13 Å². The van der Waals surface area contributed by atoms with Crippen molar-refractivity contribution in [2.24, 2.45) is 0 Å². The van der Waals surface area contributed by atoms with Gasteiger partial charge >= 0.3 is 0 Å². The molecule has 0 atom stereocenters. The van der Waals surface area contributed by atoms with Crippen molar-refractivity contribution in [2.45, 2.75) is 0 Å². The van der Waals surface area contributed by atoms with E-state index in [1.807, 2.05) is 0 Å². The number of halogens is 2. The predicted octanol–water partition coefficient (Wildman–Crippen LogP) is 1.72. The molecular weight excluding hydrogens is 322 g/mol. The lowest BCUT2D eigenvalue weighted by Crippen LogP contribution is -2.00. The Morgan fingerprint density at radius 2 is 2.08 bits per heavy atom. The Kier molecular flexibility index (Phi) is 4.58. The molecule has 0 aliphatic rings. The number of H-pyrrole nitrogens is 1. The summed E-state index contributed by atoms with van der Waals surface area (Å²) in [7, 11) is 0.